The van der Waals surface area contributed by atoms with Crippen molar-refractivity contribution in [2.75, 3.05) is 0 Å². The number of rotatable bonds is 7. The molecule has 5 nitrogen and oxygen atoms in total. The van der Waals surface area contributed by atoms with Crippen molar-refractivity contribution in [3.8, 4) is 6.07 Å². The average Bonchev–Trinajstić information content (AvgIpc) is 2.88. The van der Waals surface area contributed by atoms with Gasteiger partial charge in [0.05, 0.1) is 30.3 Å². The highest BCUT2D eigenvalue weighted by molar-refractivity contribution is 5.77. The lowest BCUT2D eigenvalue weighted by Gasteiger charge is -2.43. The zero-order valence-corrected chi connectivity index (χ0v) is 15.6. The van der Waals surface area contributed by atoms with Crippen LogP contribution >= 0.6 is 0 Å². The van der Waals surface area contributed by atoms with Gasteiger partial charge in [-0.1, -0.05) is 30.3 Å². The van der Waals surface area contributed by atoms with Gasteiger partial charge in [-0.2, -0.15) is 10.4 Å². The number of hydrogen-bond acceptors (Lipinski definition) is 3. The fourth-order valence-corrected chi connectivity index (χ4v) is 3.81. The molecule has 1 aliphatic carbocycles. The van der Waals surface area contributed by atoms with Gasteiger partial charge in [0.15, 0.2) is 0 Å². The molecule has 1 fully saturated rings. The molecule has 3 rings (SSSR count). The van der Waals surface area contributed by atoms with Crippen LogP contribution in [-0.4, -0.2) is 15.7 Å². The first-order valence-electron chi connectivity index (χ1n) is 9.32. The third kappa shape index (κ3) is 3.65. The third-order valence-corrected chi connectivity index (χ3v) is 5.48. The van der Waals surface area contributed by atoms with Crippen molar-refractivity contribution in [3.05, 3.63) is 52.8 Å². The molecule has 1 amide bonds. The topological polar surface area (TPSA) is 70.7 Å². The molecule has 0 bridgehead atoms. The lowest BCUT2D eigenvalue weighted by atomic mass is 9.71. The number of hydrogen-bond donors (Lipinski definition) is 1. The first kappa shape index (κ1) is 18.2. The molecule has 1 aromatic heterocycles. The van der Waals surface area contributed by atoms with Gasteiger partial charge in [0.1, 0.15) is 0 Å². The van der Waals surface area contributed by atoms with E-state index >= 15 is 0 Å². The summed E-state index contributed by atoms with van der Waals surface area (Å²) < 4.78 is 1.88. The summed E-state index contributed by atoms with van der Waals surface area (Å²) in [7, 11) is 0. The molecule has 1 N–H and O–H groups in total. The van der Waals surface area contributed by atoms with Crippen molar-refractivity contribution >= 4 is 5.91 Å². The summed E-state index contributed by atoms with van der Waals surface area (Å²) >= 11 is 0. The molecule has 1 saturated carbocycles. The summed E-state index contributed by atoms with van der Waals surface area (Å²) in [5.41, 5.74) is 4.16. The standard InChI is InChI=1S/C21H26N4O/c1-16-19(17(2)25(24-16)15-7-14-22)10-11-20(26)23-21(12-6-13-21)18-8-4-3-5-9-18/h3-5,8-9H,6-7,10-13,15H2,1-2H3,(H,23,26). The zero-order valence-electron chi connectivity index (χ0n) is 15.6. The van der Waals surface area contributed by atoms with Crippen LogP contribution in [0, 0.1) is 25.2 Å². The van der Waals surface area contributed by atoms with Gasteiger partial charge in [-0.15, -0.1) is 0 Å². The van der Waals surface area contributed by atoms with E-state index in [1.807, 2.05) is 36.7 Å². The normalized spacial score (nSPS) is 15.1. The Morgan fingerprint density at radius 2 is 2.04 bits per heavy atom. The van der Waals surface area contributed by atoms with Crippen molar-refractivity contribution in [2.24, 2.45) is 0 Å². The second-order valence-electron chi connectivity index (χ2n) is 7.13. The van der Waals surface area contributed by atoms with Crippen LogP contribution in [-0.2, 0) is 23.3 Å². The molecule has 0 spiro atoms. The van der Waals surface area contributed by atoms with E-state index in [-0.39, 0.29) is 11.4 Å². The van der Waals surface area contributed by atoms with Gasteiger partial charge in [-0.05, 0) is 50.7 Å². The predicted molar refractivity (Wildman–Crippen MR) is 100 cm³/mol. The lowest BCUT2D eigenvalue weighted by Crippen LogP contribution is -2.50. The quantitative estimate of drug-likeness (QED) is 0.830. The Bertz CT molecular complexity index is 813. The molecule has 0 atom stereocenters. The average molecular weight is 350 g/mol. The van der Waals surface area contributed by atoms with Gasteiger partial charge < -0.3 is 5.32 Å². The minimum atomic E-state index is -0.181. The van der Waals surface area contributed by atoms with Gasteiger partial charge in [-0.3, -0.25) is 9.48 Å². The van der Waals surface area contributed by atoms with Gasteiger partial charge in [0.2, 0.25) is 5.91 Å². The van der Waals surface area contributed by atoms with Crippen molar-refractivity contribution in [1.82, 2.24) is 15.1 Å². The summed E-state index contributed by atoms with van der Waals surface area (Å²) in [5, 5.41) is 16.6. The molecule has 0 aliphatic heterocycles. The summed E-state index contributed by atoms with van der Waals surface area (Å²) in [6.45, 7) is 4.59. The Kier molecular flexibility index (Phi) is 5.41. The first-order valence-corrected chi connectivity index (χ1v) is 9.32. The number of amides is 1. The van der Waals surface area contributed by atoms with E-state index < -0.39 is 0 Å². The van der Waals surface area contributed by atoms with E-state index in [4.69, 9.17) is 5.26 Å². The number of carbonyl (C=O) groups is 1. The highest BCUT2D eigenvalue weighted by Gasteiger charge is 2.39. The number of aryl methyl sites for hydroxylation is 2. The third-order valence-electron chi connectivity index (χ3n) is 5.48. The maximum atomic E-state index is 12.6. The Labute approximate surface area is 155 Å². The molecule has 5 heteroatoms. The van der Waals surface area contributed by atoms with Crippen molar-refractivity contribution < 1.29 is 4.79 Å². The molecule has 0 saturated heterocycles. The van der Waals surface area contributed by atoms with E-state index in [1.165, 1.54) is 5.56 Å². The van der Waals surface area contributed by atoms with E-state index in [2.05, 4.69) is 28.6 Å². The second kappa shape index (κ2) is 7.74. The molecule has 26 heavy (non-hydrogen) atoms. The van der Waals surface area contributed by atoms with Crippen LogP contribution in [0.3, 0.4) is 0 Å². The molecule has 136 valence electrons. The van der Waals surface area contributed by atoms with Gasteiger partial charge >= 0.3 is 0 Å². The number of nitrogens with zero attached hydrogens (tertiary/aromatic N) is 3. The van der Waals surface area contributed by atoms with Gasteiger partial charge in [-0.25, -0.2) is 0 Å². The molecular weight excluding hydrogens is 324 g/mol. The van der Waals surface area contributed by atoms with E-state index in [9.17, 15) is 4.79 Å². The number of nitrogens with one attached hydrogen (secondary N) is 1. The predicted octanol–water partition coefficient (Wildman–Crippen LogP) is 3.54. The van der Waals surface area contributed by atoms with Crippen molar-refractivity contribution in [1.29, 1.82) is 5.26 Å². The van der Waals surface area contributed by atoms with E-state index in [0.717, 1.165) is 36.2 Å². The number of aromatic nitrogens is 2. The van der Waals surface area contributed by atoms with Crippen molar-refractivity contribution in [2.45, 2.75) is 64.5 Å². The van der Waals surface area contributed by atoms with Crippen LogP contribution in [0.4, 0.5) is 0 Å². The molecule has 1 aliphatic rings. The Hall–Kier alpha value is -2.61. The van der Waals surface area contributed by atoms with Crippen LogP contribution in [0.5, 0.6) is 0 Å². The van der Waals surface area contributed by atoms with Gasteiger partial charge in [0, 0.05) is 12.1 Å². The van der Waals surface area contributed by atoms with Crippen LogP contribution in [0.2, 0.25) is 0 Å². The van der Waals surface area contributed by atoms with E-state index in [0.29, 0.717) is 25.8 Å². The Morgan fingerprint density at radius 1 is 1.31 bits per heavy atom. The highest BCUT2D eigenvalue weighted by atomic mass is 16.1. The first-order chi connectivity index (χ1) is 12.6. The maximum absolute atomic E-state index is 12.6. The van der Waals surface area contributed by atoms with Crippen molar-refractivity contribution in [3.63, 3.8) is 0 Å². The molecule has 1 heterocycles. The van der Waals surface area contributed by atoms with Crippen LogP contribution < -0.4 is 5.32 Å². The zero-order chi connectivity index (χ0) is 18.6. The summed E-state index contributed by atoms with van der Waals surface area (Å²) in [5.74, 6) is 0.0946. The van der Waals surface area contributed by atoms with Crippen LogP contribution in [0.1, 0.15) is 54.6 Å². The molecule has 2 aromatic rings. The van der Waals surface area contributed by atoms with Gasteiger partial charge in [0.25, 0.3) is 0 Å². The fourth-order valence-electron chi connectivity index (χ4n) is 3.81. The Morgan fingerprint density at radius 3 is 2.65 bits per heavy atom. The smallest absolute Gasteiger partial charge is 0.221 e. The second-order valence-corrected chi connectivity index (χ2v) is 7.13. The summed E-state index contributed by atoms with van der Waals surface area (Å²) in [6.07, 6.45) is 4.75. The lowest BCUT2D eigenvalue weighted by molar-refractivity contribution is -0.124. The molecule has 0 unspecified atom stereocenters. The number of benzene rings is 1. The summed E-state index contributed by atoms with van der Waals surface area (Å²) in [6, 6.07) is 12.4. The fraction of sp³-hybridized carbons (Fsp3) is 0.476. The van der Waals surface area contributed by atoms with E-state index in [1.54, 1.807) is 0 Å². The maximum Gasteiger partial charge on any atom is 0.221 e. The SMILES string of the molecule is Cc1nn(CCC#N)c(C)c1CCC(=O)NC1(c2ccccc2)CCC1. The monoisotopic (exact) mass is 350 g/mol. The molecular formula is C21H26N4O. The number of nitriles is 1. The highest BCUT2D eigenvalue weighted by Crippen LogP contribution is 2.41. The largest absolute Gasteiger partial charge is 0.347 e. The van der Waals surface area contributed by atoms with Crippen LogP contribution in [0.25, 0.3) is 0 Å². The Balaban J connectivity index is 1.63. The minimum Gasteiger partial charge on any atom is -0.347 e. The minimum absolute atomic E-state index is 0.0946. The summed E-state index contributed by atoms with van der Waals surface area (Å²) in [4.78, 5) is 12.6. The number of carbonyl (C=O) groups excluding carboxylic acids is 1. The van der Waals surface area contributed by atoms with Crippen LogP contribution in [0.15, 0.2) is 30.3 Å². The molecule has 1 aromatic carbocycles. The molecule has 0 radical (unpaired) electrons.